The highest BCUT2D eigenvalue weighted by molar-refractivity contribution is 7.83. The van der Waals surface area contributed by atoms with Gasteiger partial charge in [-0.1, -0.05) is 49.7 Å². The van der Waals surface area contributed by atoms with Gasteiger partial charge in [-0.25, -0.2) is 0 Å². The monoisotopic (exact) mass is 270 g/mol. The lowest BCUT2D eigenvalue weighted by Gasteiger charge is -2.25. The van der Waals surface area contributed by atoms with Crippen LogP contribution in [0.25, 0.3) is 0 Å². The summed E-state index contributed by atoms with van der Waals surface area (Å²) < 4.78 is 4.69. The number of para-hydroxylation sites is 1. The maximum absolute atomic E-state index is 6.58. The van der Waals surface area contributed by atoms with Crippen molar-refractivity contribution in [2.45, 2.75) is 26.3 Å². The summed E-state index contributed by atoms with van der Waals surface area (Å²) in [5.74, 6) is 0.692. The van der Waals surface area contributed by atoms with Crippen molar-refractivity contribution < 1.29 is 0 Å². The average molecular weight is 271 g/mol. The van der Waals surface area contributed by atoms with Crippen molar-refractivity contribution in [3.05, 3.63) is 30.3 Å². The van der Waals surface area contributed by atoms with E-state index in [1.165, 1.54) is 12.1 Å². The minimum absolute atomic E-state index is 0.573. The normalized spacial score (nSPS) is 27.4. The van der Waals surface area contributed by atoms with E-state index in [0.29, 0.717) is 12.0 Å². The van der Waals surface area contributed by atoms with Gasteiger partial charge in [-0.15, -0.1) is 0 Å². The molecule has 0 amide bonds. The molecule has 1 aromatic rings. The van der Waals surface area contributed by atoms with Crippen LogP contribution in [-0.4, -0.2) is 24.3 Å². The Morgan fingerprint density at radius 3 is 2.65 bits per heavy atom. The Labute approximate surface area is 110 Å². The van der Waals surface area contributed by atoms with Gasteiger partial charge in [-0.2, -0.15) is 0 Å². The van der Waals surface area contributed by atoms with E-state index in [2.05, 4.69) is 54.5 Å². The van der Waals surface area contributed by atoms with Crippen LogP contribution >= 0.6 is 18.8 Å². The first-order valence-electron chi connectivity index (χ1n) is 6.16. The van der Waals surface area contributed by atoms with Crippen molar-refractivity contribution in [2.75, 3.05) is 18.3 Å². The van der Waals surface area contributed by atoms with Gasteiger partial charge in [-0.05, 0) is 25.1 Å². The number of hydrogen-bond acceptors (Lipinski definition) is 2. The van der Waals surface area contributed by atoms with E-state index in [1.807, 2.05) is 6.07 Å². The Bertz CT molecular complexity index is 360. The van der Waals surface area contributed by atoms with Crippen molar-refractivity contribution in [1.82, 2.24) is 4.67 Å². The predicted octanol–water partition coefficient (Wildman–Crippen LogP) is 4.32. The Morgan fingerprint density at radius 1 is 1.41 bits per heavy atom. The lowest BCUT2D eigenvalue weighted by Crippen LogP contribution is -2.31. The summed E-state index contributed by atoms with van der Waals surface area (Å²) in [5, 5.41) is 0. The molecule has 0 bridgehead atoms. The maximum Gasteiger partial charge on any atom is 0.168 e. The fourth-order valence-corrected chi connectivity index (χ4v) is 4.57. The fraction of sp³-hybridized carbons (Fsp3) is 0.538. The molecule has 1 aromatic carbocycles. The Morgan fingerprint density at radius 2 is 2.06 bits per heavy atom. The third kappa shape index (κ3) is 2.59. The first kappa shape index (κ1) is 13.1. The molecule has 2 rings (SSSR count). The summed E-state index contributed by atoms with van der Waals surface area (Å²) >= 11 is 6.58. The molecule has 4 heteroatoms. The summed E-state index contributed by atoms with van der Waals surface area (Å²) in [6.45, 7) is 5.61. The van der Waals surface area contributed by atoms with Gasteiger partial charge in [0.2, 0.25) is 0 Å². The van der Waals surface area contributed by atoms with Crippen molar-refractivity contribution >= 4 is 24.5 Å². The molecule has 0 radical (unpaired) electrons. The minimum Gasteiger partial charge on any atom is -0.324 e. The van der Waals surface area contributed by atoms with Crippen molar-refractivity contribution in [3.8, 4) is 0 Å². The van der Waals surface area contributed by atoms with Gasteiger partial charge in [0, 0.05) is 18.3 Å². The van der Waals surface area contributed by atoms with E-state index in [4.69, 9.17) is 11.2 Å². The number of likely N-dealkylation sites (N-methyl/N-ethyl adjacent to an activating group) is 1. The van der Waals surface area contributed by atoms with E-state index in [-0.39, 0.29) is 0 Å². The average Bonchev–Trinajstić information content (AvgIpc) is 2.67. The topological polar surface area (TPSA) is 6.48 Å². The van der Waals surface area contributed by atoms with Crippen LogP contribution in [0.5, 0.6) is 0 Å². The molecule has 94 valence electrons. The Hall–Kier alpha value is -0.300. The fourth-order valence-electron chi connectivity index (χ4n) is 2.28. The first-order chi connectivity index (χ1) is 8.15. The number of rotatable bonds is 3. The molecular formula is C13H20ClN2P. The maximum atomic E-state index is 6.58. The minimum atomic E-state index is -0.705. The van der Waals surface area contributed by atoms with Gasteiger partial charge >= 0.3 is 0 Å². The summed E-state index contributed by atoms with van der Waals surface area (Å²) in [7, 11) is 1.45. The van der Waals surface area contributed by atoms with Crippen LogP contribution < -0.4 is 4.67 Å². The summed E-state index contributed by atoms with van der Waals surface area (Å²) in [6.07, 6.45) is 1.21. The lowest BCUT2D eigenvalue weighted by atomic mass is 9.99. The van der Waals surface area contributed by atoms with Crippen LogP contribution in [-0.2, 0) is 0 Å². The standard InChI is InChI=1S/C13H20ClN2P/c1-4-11(2)13-10-16(17(14)15(13)3)12-8-6-5-7-9-12/h5-9,11,13H,4,10H2,1-3H3/t11?,13-,17?/m1/s1. The summed E-state index contributed by atoms with van der Waals surface area (Å²) in [5.41, 5.74) is 1.24. The number of anilines is 1. The highest BCUT2D eigenvalue weighted by Crippen LogP contribution is 2.57. The molecule has 2 unspecified atom stereocenters. The van der Waals surface area contributed by atoms with E-state index >= 15 is 0 Å². The molecule has 0 N–H and O–H groups in total. The molecule has 1 fully saturated rings. The van der Waals surface area contributed by atoms with Gasteiger partial charge in [0.15, 0.2) is 7.58 Å². The van der Waals surface area contributed by atoms with E-state index in [9.17, 15) is 0 Å². The Balaban J connectivity index is 2.17. The summed E-state index contributed by atoms with van der Waals surface area (Å²) in [4.78, 5) is 0. The molecule has 1 saturated heterocycles. The van der Waals surface area contributed by atoms with Crippen LogP contribution in [0.15, 0.2) is 30.3 Å². The van der Waals surface area contributed by atoms with Gasteiger partial charge < -0.3 is 4.67 Å². The summed E-state index contributed by atoms with van der Waals surface area (Å²) in [6, 6.07) is 11.1. The second-order valence-electron chi connectivity index (χ2n) is 4.68. The molecular weight excluding hydrogens is 251 g/mol. The molecule has 1 aliphatic heterocycles. The van der Waals surface area contributed by atoms with Crippen LogP contribution in [0.3, 0.4) is 0 Å². The van der Waals surface area contributed by atoms with Gasteiger partial charge in [0.25, 0.3) is 0 Å². The zero-order valence-electron chi connectivity index (χ0n) is 10.7. The largest absolute Gasteiger partial charge is 0.324 e. The molecule has 0 aliphatic carbocycles. The number of nitrogens with zero attached hydrogens (tertiary/aromatic N) is 2. The zero-order valence-corrected chi connectivity index (χ0v) is 12.3. The molecule has 1 heterocycles. The van der Waals surface area contributed by atoms with Gasteiger partial charge in [0.1, 0.15) is 0 Å². The molecule has 3 atom stereocenters. The second kappa shape index (κ2) is 5.56. The quantitative estimate of drug-likeness (QED) is 0.755. The SMILES string of the molecule is CCC(C)[C@H]1CN(c2ccccc2)P(Cl)N1C. The van der Waals surface area contributed by atoms with Crippen LogP contribution in [0.4, 0.5) is 5.69 Å². The Kier molecular flexibility index (Phi) is 4.30. The molecule has 0 aromatic heterocycles. The number of halogens is 1. The van der Waals surface area contributed by atoms with E-state index < -0.39 is 7.58 Å². The van der Waals surface area contributed by atoms with Gasteiger partial charge in [0.05, 0.1) is 0 Å². The number of hydrogen-bond donors (Lipinski definition) is 0. The predicted molar refractivity (Wildman–Crippen MR) is 77.6 cm³/mol. The third-order valence-electron chi connectivity index (χ3n) is 3.65. The van der Waals surface area contributed by atoms with Crippen LogP contribution in [0.1, 0.15) is 20.3 Å². The highest BCUT2D eigenvalue weighted by Gasteiger charge is 2.38. The highest BCUT2D eigenvalue weighted by atomic mass is 35.7. The third-order valence-corrected chi connectivity index (χ3v) is 6.53. The molecule has 0 saturated carbocycles. The van der Waals surface area contributed by atoms with E-state index in [1.54, 1.807) is 0 Å². The number of benzene rings is 1. The van der Waals surface area contributed by atoms with E-state index in [0.717, 1.165) is 6.54 Å². The van der Waals surface area contributed by atoms with Gasteiger partial charge in [-0.3, -0.25) is 4.67 Å². The smallest absolute Gasteiger partial charge is 0.168 e. The van der Waals surface area contributed by atoms with Crippen molar-refractivity contribution in [2.24, 2.45) is 5.92 Å². The molecule has 2 nitrogen and oxygen atoms in total. The van der Waals surface area contributed by atoms with Crippen LogP contribution in [0, 0.1) is 5.92 Å². The second-order valence-corrected chi connectivity index (χ2v) is 7.19. The zero-order chi connectivity index (χ0) is 12.4. The van der Waals surface area contributed by atoms with Crippen molar-refractivity contribution in [3.63, 3.8) is 0 Å². The molecule has 1 aliphatic rings. The van der Waals surface area contributed by atoms with Crippen LogP contribution in [0.2, 0.25) is 0 Å². The lowest BCUT2D eigenvalue weighted by molar-refractivity contribution is 0.316. The van der Waals surface area contributed by atoms with Crippen molar-refractivity contribution in [1.29, 1.82) is 0 Å². The first-order valence-corrected chi connectivity index (χ1v) is 8.31. The molecule has 17 heavy (non-hydrogen) atoms. The molecule has 0 spiro atoms.